The highest BCUT2D eigenvalue weighted by atomic mass is 16.7. The van der Waals surface area contributed by atoms with Crippen LogP contribution >= 0.6 is 0 Å². The van der Waals surface area contributed by atoms with Crippen LogP contribution in [0.4, 0.5) is 0 Å². The normalized spacial score (nSPS) is 16.5. The molecule has 0 unspecified atom stereocenters. The number of nitrogens with one attached hydrogen (secondary N) is 1. The van der Waals surface area contributed by atoms with Gasteiger partial charge in [-0.25, -0.2) is 9.59 Å². The quantitative estimate of drug-likeness (QED) is 0.0499. The summed E-state index contributed by atoms with van der Waals surface area (Å²) in [7, 11) is 2.61. The molecule has 1 saturated heterocycles. The lowest BCUT2D eigenvalue weighted by Gasteiger charge is -2.30. The first kappa shape index (κ1) is 43.2. The lowest BCUT2D eigenvalue weighted by atomic mass is 9.83. The SMILES string of the molecule is CCCCCCCC1(CCCCCC/C=C/[C@H](C(=O)N[C@@H](Cc2ccc(OCCCC)cc2)C(=O)OC)[C@@](O)(CCOC)C(=O)O)OCCO1. The van der Waals surface area contributed by atoms with Crippen LogP contribution in [0.15, 0.2) is 36.4 Å². The first-order valence-electron chi connectivity index (χ1n) is 18.6. The second-order valence-corrected chi connectivity index (χ2v) is 13.2. The van der Waals surface area contributed by atoms with Crippen LogP contribution in [0.1, 0.15) is 116 Å². The van der Waals surface area contributed by atoms with Crippen molar-refractivity contribution in [3.63, 3.8) is 0 Å². The monoisotopic (exact) mass is 705 g/mol. The highest BCUT2D eigenvalue weighted by Crippen LogP contribution is 2.32. The summed E-state index contributed by atoms with van der Waals surface area (Å²) in [5.74, 6) is -4.27. The van der Waals surface area contributed by atoms with E-state index in [0.717, 1.165) is 63.4 Å². The molecule has 0 aliphatic carbocycles. The summed E-state index contributed by atoms with van der Waals surface area (Å²) in [6.07, 6.45) is 17.0. The number of aliphatic carboxylic acids is 1. The van der Waals surface area contributed by atoms with Gasteiger partial charge in [-0.2, -0.15) is 0 Å². The molecule has 2 rings (SSSR count). The van der Waals surface area contributed by atoms with Crippen LogP contribution in [0.2, 0.25) is 0 Å². The molecule has 0 radical (unpaired) electrons. The van der Waals surface area contributed by atoms with Gasteiger partial charge < -0.3 is 39.2 Å². The van der Waals surface area contributed by atoms with E-state index in [2.05, 4.69) is 19.2 Å². The van der Waals surface area contributed by atoms with Crippen LogP contribution in [0.25, 0.3) is 0 Å². The van der Waals surface area contributed by atoms with Gasteiger partial charge in [-0.05, 0) is 49.8 Å². The zero-order valence-electron chi connectivity index (χ0n) is 30.9. The fourth-order valence-corrected chi connectivity index (χ4v) is 6.16. The van der Waals surface area contributed by atoms with Crippen LogP contribution in [-0.2, 0) is 39.8 Å². The molecule has 1 heterocycles. The van der Waals surface area contributed by atoms with Crippen molar-refractivity contribution < 1.29 is 48.3 Å². The maximum atomic E-state index is 13.7. The second-order valence-electron chi connectivity index (χ2n) is 13.2. The van der Waals surface area contributed by atoms with Gasteiger partial charge in [-0.1, -0.05) is 83.1 Å². The van der Waals surface area contributed by atoms with Crippen molar-refractivity contribution in [2.24, 2.45) is 5.92 Å². The van der Waals surface area contributed by atoms with Gasteiger partial charge in [0.15, 0.2) is 11.4 Å². The smallest absolute Gasteiger partial charge is 0.336 e. The van der Waals surface area contributed by atoms with Crippen molar-refractivity contribution in [1.82, 2.24) is 5.32 Å². The van der Waals surface area contributed by atoms with Crippen LogP contribution in [0, 0.1) is 5.92 Å². The first-order valence-corrected chi connectivity index (χ1v) is 18.6. The van der Waals surface area contributed by atoms with E-state index in [1.807, 2.05) is 0 Å². The van der Waals surface area contributed by atoms with Crippen LogP contribution in [0.3, 0.4) is 0 Å². The molecule has 11 heteroatoms. The molecule has 0 bridgehead atoms. The number of methoxy groups -OCH3 is 2. The van der Waals surface area contributed by atoms with E-state index in [1.165, 1.54) is 46.0 Å². The average Bonchev–Trinajstić information content (AvgIpc) is 3.58. The number of carboxylic acids is 1. The zero-order valence-corrected chi connectivity index (χ0v) is 30.9. The fraction of sp³-hybridized carbons (Fsp3) is 0.718. The van der Waals surface area contributed by atoms with Crippen LogP contribution in [0.5, 0.6) is 5.75 Å². The third kappa shape index (κ3) is 15.1. The van der Waals surface area contributed by atoms with Gasteiger partial charge in [0.2, 0.25) is 5.91 Å². The predicted octanol–water partition coefficient (Wildman–Crippen LogP) is 6.53. The lowest BCUT2D eigenvalue weighted by Crippen LogP contribution is -2.55. The number of carboxylic acid groups (broad SMARTS) is 1. The third-order valence-electron chi connectivity index (χ3n) is 9.27. The topological polar surface area (TPSA) is 150 Å². The van der Waals surface area contributed by atoms with E-state index >= 15 is 0 Å². The standard InChI is InChI=1S/C39H63NO10/c1-5-7-9-13-16-23-38(49-28-29-50-38)24-17-14-11-10-12-15-18-33(39(45,37(43)44)25-27-46-3)35(41)40-34(36(42)47-4)30-31-19-21-32(22-20-31)48-26-8-6-2/h15,18-22,33-34,45H,5-14,16-17,23-30H2,1-4H3,(H,40,41)(H,43,44)/b18-15+/t33-,34+,39+/m1/s1. The lowest BCUT2D eigenvalue weighted by molar-refractivity contribution is -0.169. The first-order chi connectivity index (χ1) is 24.1. The number of ether oxygens (including phenoxy) is 5. The Morgan fingerprint density at radius 1 is 0.900 bits per heavy atom. The number of rotatable bonds is 28. The molecule has 1 fully saturated rings. The Labute approximate surface area is 299 Å². The Balaban J connectivity index is 2.02. The molecular weight excluding hydrogens is 642 g/mol. The maximum Gasteiger partial charge on any atom is 0.336 e. The number of benzene rings is 1. The summed E-state index contributed by atoms with van der Waals surface area (Å²) in [4.78, 5) is 38.8. The molecule has 11 nitrogen and oxygen atoms in total. The highest BCUT2D eigenvalue weighted by molar-refractivity contribution is 5.92. The van der Waals surface area contributed by atoms with Gasteiger partial charge in [0.25, 0.3) is 0 Å². The van der Waals surface area contributed by atoms with Crippen molar-refractivity contribution in [3.05, 3.63) is 42.0 Å². The number of carbonyl (C=O) groups excluding carboxylic acids is 2. The van der Waals surface area contributed by atoms with Gasteiger partial charge in [0.1, 0.15) is 11.8 Å². The molecule has 3 N–H and O–H groups in total. The molecule has 3 atom stereocenters. The number of esters is 1. The van der Waals surface area contributed by atoms with Crippen molar-refractivity contribution in [2.75, 3.05) is 40.6 Å². The zero-order chi connectivity index (χ0) is 36.7. The molecule has 284 valence electrons. The maximum absolute atomic E-state index is 13.7. The van der Waals surface area contributed by atoms with E-state index in [-0.39, 0.29) is 19.4 Å². The summed E-state index contributed by atoms with van der Waals surface area (Å²) < 4.78 is 27.8. The largest absolute Gasteiger partial charge is 0.494 e. The van der Waals surface area contributed by atoms with Crippen molar-refractivity contribution in [1.29, 1.82) is 0 Å². The minimum absolute atomic E-state index is 0.0822. The molecule has 0 spiro atoms. The summed E-state index contributed by atoms with van der Waals surface area (Å²) in [5, 5.41) is 24.0. The predicted molar refractivity (Wildman–Crippen MR) is 192 cm³/mol. The number of amides is 1. The van der Waals surface area contributed by atoms with Gasteiger partial charge >= 0.3 is 11.9 Å². The molecule has 0 saturated carbocycles. The minimum atomic E-state index is -2.46. The average molecular weight is 706 g/mol. The molecule has 1 aromatic rings. The third-order valence-corrected chi connectivity index (χ3v) is 9.27. The molecule has 1 aliphatic rings. The summed E-state index contributed by atoms with van der Waals surface area (Å²) in [6.45, 7) is 6.10. The van der Waals surface area contributed by atoms with E-state index in [1.54, 1.807) is 30.3 Å². The summed E-state index contributed by atoms with van der Waals surface area (Å²) in [6, 6.07) is 6.09. The number of allylic oxidation sites excluding steroid dienone is 1. The fourth-order valence-electron chi connectivity index (χ4n) is 6.16. The van der Waals surface area contributed by atoms with Gasteiger partial charge in [-0.15, -0.1) is 0 Å². The summed E-state index contributed by atoms with van der Waals surface area (Å²) >= 11 is 0. The van der Waals surface area contributed by atoms with E-state index < -0.39 is 41.2 Å². The Morgan fingerprint density at radius 3 is 2.10 bits per heavy atom. The van der Waals surface area contributed by atoms with E-state index in [0.29, 0.717) is 32.0 Å². The Hall–Kier alpha value is -2.99. The van der Waals surface area contributed by atoms with Crippen LogP contribution in [-0.4, -0.2) is 86.1 Å². The van der Waals surface area contributed by atoms with Crippen LogP contribution < -0.4 is 10.1 Å². The van der Waals surface area contributed by atoms with Crippen molar-refractivity contribution in [2.45, 2.75) is 134 Å². The van der Waals surface area contributed by atoms with E-state index in [4.69, 9.17) is 23.7 Å². The molecule has 50 heavy (non-hydrogen) atoms. The number of hydrogen-bond donors (Lipinski definition) is 3. The molecule has 0 aromatic heterocycles. The number of carbonyl (C=O) groups is 3. The summed E-state index contributed by atoms with van der Waals surface area (Å²) in [5.41, 5.74) is -1.71. The Kier molecular flexibility index (Phi) is 20.9. The van der Waals surface area contributed by atoms with Gasteiger partial charge in [0.05, 0.1) is 32.8 Å². The van der Waals surface area contributed by atoms with Gasteiger partial charge in [0, 0.05) is 39.4 Å². The number of hydrogen-bond acceptors (Lipinski definition) is 9. The Morgan fingerprint density at radius 2 is 1.52 bits per heavy atom. The molecule has 1 aromatic carbocycles. The molecule has 1 aliphatic heterocycles. The van der Waals surface area contributed by atoms with Crippen molar-refractivity contribution >= 4 is 17.8 Å². The highest BCUT2D eigenvalue weighted by Gasteiger charge is 2.47. The second kappa shape index (κ2) is 24.2. The number of aliphatic hydroxyl groups is 1. The minimum Gasteiger partial charge on any atom is -0.494 e. The van der Waals surface area contributed by atoms with E-state index in [9.17, 15) is 24.6 Å². The van der Waals surface area contributed by atoms with Gasteiger partial charge in [-0.3, -0.25) is 4.79 Å². The Bertz CT molecular complexity index is 1130. The van der Waals surface area contributed by atoms with Crippen molar-refractivity contribution in [3.8, 4) is 5.75 Å². The number of unbranched alkanes of at least 4 members (excludes halogenated alkanes) is 9. The molecule has 1 amide bonds. The molecular formula is C39H63NO10.